The normalized spacial score (nSPS) is 13.9. The number of amides is 1. The van der Waals surface area contributed by atoms with Crippen molar-refractivity contribution in [3.8, 4) is 5.75 Å². The van der Waals surface area contributed by atoms with Gasteiger partial charge in [0.15, 0.2) is 0 Å². The average Bonchev–Trinajstić information content (AvgIpc) is 2.39. The van der Waals surface area contributed by atoms with Crippen molar-refractivity contribution < 1.29 is 9.53 Å². The number of methoxy groups -OCH3 is 1. The maximum Gasteiger partial charge on any atom is 0.236 e. The minimum Gasteiger partial charge on any atom is -0.497 e. The fourth-order valence-corrected chi connectivity index (χ4v) is 2.21. The number of carbonyl (C=O) groups excluding carboxylic acids is 1. The van der Waals surface area contributed by atoms with Crippen molar-refractivity contribution in [1.29, 1.82) is 0 Å². The molecule has 2 unspecified atom stereocenters. The molecule has 0 heterocycles. The summed E-state index contributed by atoms with van der Waals surface area (Å²) in [5.41, 5.74) is 7.17. The fraction of sp³-hybridized carbons (Fsp3) is 0.533. The first-order valence-electron chi connectivity index (χ1n) is 6.66. The van der Waals surface area contributed by atoms with Crippen LogP contribution in [0.5, 0.6) is 5.75 Å². The molecule has 0 aliphatic heterocycles. The quantitative estimate of drug-likeness (QED) is 0.847. The SMILES string of the molecule is COc1ccc(C(C(C)N)N(C)CC(=O)N(C)C)cc1. The largest absolute Gasteiger partial charge is 0.497 e. The number of nitrogens with two attached hydrogens (primary N) is 1. The molecule has 0 bridgehead atoms. The maximum absolute atomic E-state index is 11.8. The van der Waals surface area contributed by atoms with Crippen molar-refractivity contribution in [3.63, 3.8) is 0 Å². The molecule has 1 rings (SSSR count). The van der Waals surface area contributed by atoms with Crippen LogP contribution in [0.1, 0.15) is 18.5 Å². The predicted molar refractivity (Wildman–Crippen MR) is 80.7 cm³/mol. The Morgan fingerprint density at radius 3 is 2.20 bits per heavy atom. The summed E-state index contributed by atoms with van der Waals surface area (Å²) >= 11 is 0. The van der Waals surface area contributed by atoms with Crippen LogP contribution in [0.15, 0.2) is 24.3 Å². The molecular weight excluding hydrogens is 254 g/mol. The van der Waals surface area contributed by atoms with Crippen LogP contribution in [-0.2, 0) is 4.79 Å². The second-order valence-corrected chi connectivity index (χ2v) is 5.28. The Morgan fingerprint density at radius 2 is 1.80 bits per heavy atom. The van der Waals surface area contributed by atoms with Crippen LogP contribution < -0.4 is 10.5 Å². The summed E-state index contributed by atoms with van der Waals surface area (Å²) in [5.74, 6) is 0.871. The average molecular weight is 279 g/mol. The number of rotatable bonds is 6. The third-order valence-corrected chi connectivity index (χ3v) is 3.31. The van der Waals surface area contributed by atoms with Gasteiger partial charge in [0.05, 0.1) is 13.7 Å². The second-order valence-electron chi connectivity index (χ2n) is 5.28. The van der Waals surface area contributed by atoms with E-state index in [1.54, 1.807) is 26.1 Å². The molecule has 1 aromatic rings. The lowest BCUT2D eigenvalue weighted by molar-refractivity contribution is -0.130. The Balaban J connectivity index is 2.89. The van der Waals surface area contributed by atoms with Crippen LogP contribution in [-0.4, -0.2) is 56.5 Å². The van der Waals surface area contributed by atoms with Gasteiger partial charge in [0.2, 0.25) is 5.91 Å². The first kappa shape index (κ1) is 16.5. The molecule has 112 valence electrons. The highest BCUT2D eigenvalue weighted by atomic mass is 16.5. The molecule has 5 heteroatoms. The van der Waals surface area contributed by atoms with E-state index >= 15 is 0 Å². The standard InChI is InChI=1S/C15H25N3O2/c1-11(16)15(18(4)10-14(19)17(2)3)12-6-8-13(20-5)9-7-12/h6-9,11,15H,10,16H2,1-5H3. The van der Waals surface area contributed by atoms with Gasteiger partial charge in [0.1, 0.15) is 5.75 Å². The van der Waals surface area contributed by atoms with Gasteiger partial charge in [-0.25, -0.2) is 0 Å². The molecule has 0 saturated carbocycles. The number of likely N-dealkylation sites (N-methyl/N-ethyl adjacent to an activating group) is 2. The first-order valence-corrected chi connectivity index (χ1v) is 6.66. The number of hydrogen-bond acceptors (Lipinski definition) is 4. The Bertz CT molecular complexity index is 429. The lowest BCUT2D eigenvalue weighted by Crippen LogP contribution is -2.42. The van der Waals surface area contributed by atoms with Crippen molar-refractivity contribution in [3.05, 3.63) is 29.8 Å². The number of nitrogens with zero attached hydrogens (tertiary/aromatic N) is 2. The predicted octanol–water partition coefficient (Wildman–Crippen LogP) is 1.10. The Hall–Kier alpha value is -1.59. The highest BCUT2D eigenvalue weighted by molar-refractivity contribution is 5.77. The summed E-state index contributed by atoms with van der Waals surface area (Å²) in [6, 6.07) is 7.71. The molecule has 20 heavy (non-hydrogen) atoms. The van der Waals surface area contributed by atoms with E-state index in [9.17, 15) is 4.79 Å². The van der Waals surface area contributed by atoms with E-state index in [0.717, 1.165) is 11.3 Å². The molecular formula is C15H25N3O2. The van der Waals surface area contributed by atoms with Gasteiger partial charge in [-0.2, -0.15) is 0 Å². The summed E-state index contributed by atoms with van der Waals surface area (Å²) < 4.78 is 5.16. The van der Waals surface area contributed by atoms with E-state index < -0.39 is 0 Å². The van der Waals surface area contributed by atoms with Crippen LogP contribution in [0.2, 0.25) is 0 Å². The van der Waals surface area contributed by atoms with E-state index in [2.05, 4.69) is 0 Å². The van der Waals surface area contributed by atoms with E-state index in [1.165, 1.54) is 0 Å². The van der Waals surface area contributed by atoms with Crippen molar-refractivity contribution in [2.45, 2.75) is 19.0 Å². The molecule has 0 aromatic heterocycles. The Kier molecular flexibility index (Phi) is 5.98. The molecule has 0 spiro atoms. The van der Waals surface area contributed by atoms with Gasteiger partial charge >= 0.3 is 0 Å². The lowest BCUT2D eigenvalue weighted by atomic mass is 9.99. The molecule has 0 aliphatic rings. The smallest absolute Gasteiger partial charge is 0.236 e. The molecule has 2 N–H and O–H groups in total. The number of carbonyl (C=O) groups is 1. The lowest BCUT2D eigenvalue weighted by Gasteiger charge is -2.31. The fourth-order valence-electron chi connectivity index (χ4n) is 2.21. The monoisotopic (exact) mass is 279 g/mol. The van der Waals surface area contributed by atoms with Crippen molar-refractivity contribution in [1.82, 2.24) is 9.80 Å². The van der Waals surface area contributed by atoms with Crippen LogP contribution in [0.4, 0.5) is 0 Å². The van der Waals surface area contributed by atoms with Gasteiger partial charge in [0, 0.05) is 26.2 Å². The summed E-state index contributed by atoms with van der Waals surface area (Å²) in [6.45, 7) is 2.29. The summed E-state index contributed by atoms with van der Waals surface area (Å²) in [7, 11) is 7.06. The summed E-state index contributed by atoms with van der Waals surface area (Å²) in [4.78, 5) is 15.4. The molecule has 1 amide bonds. The topological polar surface area (TPSA) is 58.8 Å². The van der Waals surface area contributed by atoms with Gasteiger partial charge in [-0.3, -0.25) is 9.69 Å². The van der Waals surface area contributed by atoms with E-state index in [1.807, 2.05) is 43.1 Å². The van der Waals surface area contributed by atoms with Gasteiger partial charge in [-0.15, -0.1) is 0 Å². The van der Waals surface area contributed by atoms with Gasteiger partial charge in [0.25, 0.3) is 0 Å². The first-order chi connectivity index (χ1) is 9.36. The van der Waals surface area contributed by atoms with Crippen LogP contribution >= 0.6 is 0 Å². The highest BCUT2D eigenvalue weighted by Crippen LogP contribution is 2.24. The summed E-state index contributed by atoms with van der Waals surface area (Å²) in [5, 5.41) is 0. The van der Waals surface area contributed by atoms with Gasteiger partial charge in [-0.05, 0) is 31.7 Å². The molecule has 1 aromatic carbocycles. The maximum atomic E-state index is 11.8. The van der Waals surface area contributed by atoms with Crippen molar-refractivity contribution in [2.75, 3.05) is 34.8 Å². The zero-order chi connectivity index (χ0) is 15.3. The van der Waals surface area contributed by atoms with Crippen LogP contribution in [0, 0.1) is 0 Å². The third-order valence-electron chi connectivity index (χ3n) is 3.31. The van der Waals surface area contributed by atoms with Gasteiger partial charge in [-0.1, -0.05) is 12.1 Å². The number of hydrogen-bond donors (Lipinski definition) is 1. The molecule has 0 saturated heterocycles. The Labute approximate surface area is 121 Å². The molecule has 0 radical (unpaired) electrons. The number of ether oxygens (including phenoxy) is 1. The summed E-state index contributed by atoms with van der Waals surface area (Å²) in [6.07, 6.45) is 0. The van der Waals surface area contributed by atoms with Crippen LogP contribution in [0.25, 0.3) is 0 Å². The molecule has 2 atom stereocenters. The zero-order valence-electron chi connectivity index (χ0n) is 13.0. The highest BCUT2D eigenvalue weighted by Gasteiger charge is 2.23. The second kappa shape index (κ2) is 7.26. The van der Waals surface area contributed by atoms with Gasteiger partial charge < -0.3 is 15.4 Å². The molecule has 5 nitrogen and oxygen atoms in total. The molecule has 0 aliphatic carbocycles. The Morgan fingerprint density at radius 1 is 1.25 bits per heavy atom. The zero-order valence-corrected chi connectivity index (χ0v) is 13.0. The van der Waals surface area contributed by atoms with Crippen LogP contribution in [0.3, 0.4) is 0 Å². The third kappa shape index (κ3) is 4.21. The van der Waals surface area contributed by atoms with E-state index in [0.29, 0.717) is 6.54 Å². The minimum atomic E-state index is -0.0802. The van der Waals surface area contributed by atoms with E-state index in [-0.39, 0.29) is 18.0 Å². The van der Waals surface area contributed by atoms with E-state index in [4.69, 9.17) is 10.5 Å². The van der Waals surface area contributed by atoms with Crippen molar-refractivity contribution >= 4 is 5.91 Å². The molecule has 0 fully saturated rings. The number of benzene rings is 1. The van der Waals surface area contributed by atoms with Crippen molar-refractivity contribution in [2.24, 2.45) is 5.73 Å². The minimum absolute atomic E-state index is 0.00944.